The second-order valence-electron chi connectivity index (χ2n) is 4.68. The van der Waals surface area contributed by atoms with Gasteiger partial charge >= 0.3 is 0 Å². The zero-order chi connectivity index (χ0) is 12.1. The fourth-order valence-corrected chi connectivity index (χ4v) is 2.28. The van der Waals surface area contributed by atoms with Gasteiger partial charge in [0.1, 0.15) is 5.84 Å². The molecule has 94 valence electrons. The maximum Gasteiger partial charge on any atom is 0.140 e. The summed E-state index contributed by atoms with van der Waals surface area (Å²) in [6, 6.07) is 0.974. The number of hydrogen-bond acceptors (Lipinski definition) is 4. The van der Waals surface area contributed by atoms with Crippen molar-refractivity contribution in [1.82, 2.24) is 9.80 Å². The summed E-state index contributed by atoms with van der Waals surface area (Å²) in [6.07, 6.45) is 1.81. The Labute approximate surface area is 97.9 Å². The molecule has 1 fully saturated rings. The molecule has 0 aromatic rings. The van der Waals surface area contributed by atoms with Crippen LogP contribution in [-0.4, -0.2) is 59.6 Å². The SMILES string of the molecule is CCC1CN(C(C)CC(N)=NO)CCN1C. The summed E-state index contributed by atoms with van der Waals surface area (Å²) in [7, 11) is 2.18. The van der Waals surface area contributed by atoms with E-state index in [0.29, 0.717) is 24.3 Å². The molecule has 16 heavy (non-hydrogen) atoms. The number of rotatable bonds is 4. The van der Waals surface area contributed by atoms with Crippen LogP contribution in [0.3, 0.4) is 0 Å². The monoisotopic (exact) mass is 228 g/mol. The van der Waals surface area contributed by atoms with Crippen molar-refractivity contribution in [3.05, 3.63) is 0 Å². The van der Waals surface area contributed by atoms with Crippen LogP contribution in [0, 0.1) is 0 Å². The highest BCUT2D eigenvalue weighted by Gasteiger charge is 2.26. The molecule has 2 unspecified atom stereocenters. The van der Waals surface area contributed by atoms with Gasteiger partial charge in [-0.25, -0.2) is 0 Å². The summed E-state index contributed by atoms with van der Waals surface area (Å²) in [5.74, 6) is 0.319. The van der Waals surface area contributed by atoms with Crippen molar-refractivity contribution in [3.63, 3.8) is 0 Å². The van der Waals surface area contributed by atoms with Gasteiger partial charge in [-0.05, 0) is 20.4 Å². The van der Waals surface area contributed by atoms with Crippen LogP contribution in [0.25, 0.3) is 0 Å². The molecule has 3 N–H and O–H groups in total. The van der Waals surface area contributed by atoms with Crippen LogP contribution in [0.2, 0.25) is 0 Å². The Bertz CT molecular complexity index is 244. The molecule has 5 heteroatoms. The summed E-state index contributed by atoms with van der Waals surface area (Å²) in [6.45, 7) is 7.59. The highest BCUT2D eigenvalue weighted by atomic mass is 16.4. The van der Waals surface area contributed by atoms with Crippen LogP contribution in [0.4, 0.5) is 0 Å². The molecule has 0 aromatic heterocycles. The second kappa shape index (κ2) is 6.06. The highest BCUT2D eigenvalue weighted by molar-refractivity contribution is 5.80. The van der Waals surface area contributed by atoms with Gasteiger partial charge in [-0.3, -0.25) is 4.90 Å². The summed E-state index contributed by atoms with van der Waals surface area (Å²) >= 11 is 0. The number of piperazine rings is 1. The van der Waals surface area contributed by atoms with E-state index in [2.05, 4.69) is 35.9 Å². The predicted octanol–water partition coefficient (Wildman–Crippen LogP) is 0.537. The van der Waals surface area contributed by atoms with Gasteiger partial charge in [-0.15, -0.1) is 0 Å². The van der Waals surface area contributed by atoms with E-state index in [9.17, 15) is 0 Å². The Balaban J connectivity index is 2.48. The van der Waals surface area contributed by atoms with Gasteiger partial charge < -0.3 is 15.8 Å². The number of nitrogens with zero attached hydrogens (tertiary/aromatic N) is 3. The van der Waals surface area contributed by atoms with Crippen LogP contribution < -0.4 is 5.73 Å². The van der Waals surface area contributed by atoms with Crippen LogP contribution in [-0.2, 0) is 0 Å². The first-order valence-electron chi connectivity index (χ1n) is 5.99. The molecule has 2 atom stereocenters. The second-order valence-corrected chi connectivity index (χ2v) is 4.68. The average molecular weight is 228 g/mol. The molecule has 1 rings (SSSR count). The minimum atomic E-state index is 0.319. The smallest absolute Gasteiger partial charge is 0.140 e. The van der Waals surface area contributed by atoms with E-state index >= 15 is 0 Å². The van der Waals surface area contributed by atoms with Gasteiger partial charge in [0.25, 0.3) is 0 Å². The molecule has 1 aliphatic heterocycles. The largest absolute Gasteiger partial charge is 0.409 e. The van der Waals surface area contributed by atoms with Crippen molar-refractivity contribution in [2.24, 2.45) is 10.9 Å². The molecule has 0 radical (unpaired) electrons. The zero-order valence-corrected chi connectivity index (χ0v) is 10.6. The number of nitrogens with two attached hydrogens (primary N) is 1. The van der Waals surface area contributed by atoms with Crippen LogP contribution in [0.1, 0.15) is 26.7 Å². The maximum absolute atomic E-state index is 8.56. The standard InChI is InChI=1S/C11H24N4O/c1-4-10-8-15(6-5-14(10)3)9(2)7-11(12)13-16/h9-10,16H,4-8H2,1-3H3,(H2,12,13). The van der Waals surface area contributed by atoms with E-state index in [0.717, 1.165) is 19.6 Å². The van der Waals surface area contributed by atoms with Gasteiger partial charge in [0, 0.05) is 38.1 Å². The first kappa shape index (κ1) is 13.3. The number of amidine groups is 1. The van der Waals surface area contributed by atoms with Gasteiger partial charge in [-0.2, -0.15) is 0 Å². The Morgan fingerprint density at radius 2 is 2.25 bits per heavy atom. The van der Waals surface area contributed by atoms with Gasteiger partial charge in [0.2, 0.25) is 0 Å². The minimum Gasteiger partial charge on any atom is -0.409 e. The number of likely N-dealkylation sites (N-methyl/N-ethyl adjacent to an activating group) is 1. The fraction of sp³-hybridized carbons (Fsp3) is 0.909. The Kier molecular flexibility index (Phi) is 5.02. The van der Waals surface area contributed by atoms with Gasteiger partial charge in [0.15, 0.2) is 0 Å². The van der Waals surface area contributed by atoms with E-state index in [4.69, 9.17) is 10.9 Å². The van der Waals surface area contributed by atoms with E-state index in [1.807, 2.05) is 0 Å². The van der Waals surface area contributed by atoms with Crippen molar-refractivity contribution < 1.29 is 5.21 Å². The molecule has 1 heterocycles. The summed E-state index contributed by atoms with van der Waals surface area (Å²) in [5, 5.41) is 11.6. The van der Waals surface area contributed by atoms with Gasteiger partial charge in [-0.1, -0.05) is 12.1 Å². The van der Waals surface area contributed by atoms with Gasteiger partial charge in [0.05, 0.1) is 0 Å². The average Bonchev–Trinajstić information content (AvgIpc) is 2.29. The van der Waals surface area contributed by atoms with Crippen LogP contribution in [0.5, 0.6) is 0 Å². The minimum absolute atomic E-state index is 0.319. The van der Waals surface area contributed by atoms with Crippen LogP contribution in [0.15, 0.2) is 5.16 Å². The lowest BCUT2D eigenvalue weighted by Crippen LogP contribution is -2.54. The summed E-state index contributed by atoms with van der Waals surface area (Å²) in [5.41, 5.74) is 5.54. The molecule has 1 aliphatic rings. The quantitative estimate of drug-likeness (QED) is 0.319. The fourth-order valence-electron chi connectivity index (χ4n) is 2.28. The molecule has 0 bridgehead atoms. The molecular formula is C11H24N4O. The van der Waals surface area contributed by atoms with Crippen molar-refractivity contribution in [2.75, 3.05) is 26.7 Å². The first-order valence-corrected chi connectivity index (χ1v) is 5.99. The Morgan fingerprint density at radius 1 is 1.56 bits per heavy atom. The first-order chi connectivity index (χ1) is 7.58. The van der Waals surface area contributed by atoms with E-state index in [1.54, 1.807) is 0 Å². The molecule has 0 amide bonds. The zero-order valence-electron chi connectivity index (χ0n) is 10.6. The molecule has 1 saturated heterocycles. The lowest BCUT2D eigenvalue weighted by molar-refractivity contribution is 0.0694. The third-order valence-corrected chi connectivity index (χ3v) is 3.54. The molecule has 5 nitrogen and oxygen atoms in total. The number of hydrogen-bond donors (Lipinski definition) is 2. The van der Waals surface area contributed by atoms with Crippen LogP contribution >= 0.6 is 0 Å². The molecule has 0 aromatic carbocycles. The third kappa shape index (κ3) is 3.35. The third-order valence-electron chi connectivity index (χ3n) is 3.54. The lowest BCUT2D eigenvalue weighted by Gasteiger charge is -2.41. The predicted molar refractivity (Wildman–Crippen MR) is 65.8 cm³/mol. The normalized spacial score (nSPS) is 26.9. The molecular weight excluding hydrogens is 204 g/mol. The topological polar surface area (TPSA) is 65.1 Å². The van der Waals surface area contributed by atoms with Crippen molar-refractivity contribution in [3.8, 4) is 0 Å². The molecule has 0 spiro atoms. The van der Waals surface area contributed by atoms with E-state index < -0.39 is 0 Å². The lowest BCUT2D eigenvalue weighted by atomic mass is 10.1. The summed E-state index contributed by atoms with van der Waals surface area (Å²) in [4.78, 5) is 4.83. The maximum atomic E-state index is 8.56. The van der Waals surface area contributed by atoms with Crippen molar-refractivity contribution >= 4 is 5.84 Å². The Hall–Kier alpha value is -0.810. The highest BCUT2D eigenvalue weighted by Crippen LogP contribution is 2.14. The number of oxime groups is 1. The van der Waals surface area contributed by atoms with Crippen molar-refractivity contribution in [1.29, 1.82) is 0 Å². The van der Waals surface area contributed by atoms with E-state index in [1.165, 1.54) is 6.42 Å². The van der Waals surface area contributed by atoms with E-state index in [-0.39, 0.29) is 0 Å². The Morgan fingerprint density at radius 3 is 2.81 bits per heavy atom. The molecule has 0 aliphatic carbocycles. The molecule has 0 saturated carbocycles. The van der Waals surface area contributed by atoms with Crippen molar-refractivity contribution in [2.45, 2.75) is 38.8 Å². The summed E-state index contributed by atoms with van der Waals surface area (Å²) < 4.78 is 0.